The summed E-state index contributed by atoms with van der Waals surface area (Å²) >= 11 is 6.29. The van der Waals surface area contributed by atoms with Gasteiger partial charge in [-0.25, -0.2) is 0 Å². The molecule has 29 heavy (non-hydrogen) atoms. The summed E-state index contributed by atoms with van der Waals surface area (Å²) in [5.74, 6) is -2.42. The van der Waals surface area contributed by atoms with Crippen molar-refractivity contribution in [3.05, 3.63) is 51.0 Å². The van der Waals surface area contributed by atoms with E-state index in [1.165, 1.54) is 12.1 Å². The highest BCUT2D eigenvalue weighted by Gasteiger charge is 2.81. The Morgan fingerprint density at radius 1 is 0.966 bits per heavy atom. The predicted octanol–water partition coefficient (Wildman–Crippen LogP) is 1.50. The summed E-state index contributed by atoms with van der Waals surface area (Å²) in [4.78, 5) is 25.7. The minimum Gasteiger partial charge on any atom is -0.507 e. The first-order chi connectivity index (χ1) is 13.9. The number of ketones is 2. The van der Waals surface area contributed by atoms with Crippen molar-refractivity contribution in [2.45, 2.75) is 35.8 Å². The maximum atomic E-state index is 12.9. The molecule has 6 unspecified atom stereocenters. The fraction of sp³-hybridized carbons (Fsp3) is 0.300. The lowest BCUT2D eigenvalue weighted by Crippen LogP contribution is -2.53. The number of carbonyl (C=O) groups is 2. The van der Waals surface area contributed by atoms with Gasteiger partial charge in [0.1, 0.15) is 23.4 Å². The largest absolute Gasteiger partial charge is 0.507 e. The molecule has 2 N–H and O–H groups in total. The van der Waals surface area contributed by atoms with Gasteiger partial charge in [-0.15, -0.1) is 0 Å². The van der Waals surface area contributed by atoms with Crippen molar-refractivity contribution in [2.24, 2.45) is 0 Å². The zero-order chi connectivity index (χ0) is 19.6. The number of epoxide rings is 2. The molecule has 0 aromatic heterocycles. The Bertz CT molecular complexity index is 1290. The SMILES string of the molecule is O=C1c2c(O)c(Cl)cc3c2C2(Oc4ccc(O)c5c4C3(O2)C2OC2C5=O)C2OC12. The number of aromatic hydroxyl groups is 2. The maximum Gasteiger partial charge on any atom is 0.269 e. The Labute approximate surface area is 166 Å². The van der Waals surface area contributed by atoms with Crippen LogP contribution in [0.5, 0.6) is 17.2 Å². The molecule has 4 heterocycles. The number of rotatable bonds is 0. The molecule has 2 fully saturated rings. The van der Waals surface area contributed by atoms with Gasteiger partial charge in [-0.1, -0.05) is 11.6 Å². The Hall–Kier alpha value is -2.65. The standard InChI is InChI=1S/C20H9ClO8/c21-5-3-4-10-9(12(5)23)14(25)16-18(27-16)20(10)28-7-2-1-6(22)8-11(7)19(4,29-20)17-15(26-17)13(8)24/h1-3,15-18,22-23H. The lowest BCUT2D eigenvalue weighted by Gasteiger charge is -2.43. The first kappa shape index (κ1) is 15.2. The number of ether oxygens (including phenoxy) is 4. The second-order valence-corrected chi connectivity index (χ2v) is 8.53. The summed E-state index contributed by atoms with van der Waals surface area (Å²) in [6, 6.07) is 4.47. The average molecular weight is 413 g/mol. The van der Waals surface area contributed by atoms with Gasteiger partial charge in [0.2, 0.25) is 0 Å². The summed E-state index contributed by atoms with van der Waals surface area (Å²) in [5.41, 5.74) is -0.0162. The van der Waals surface area contributed by atoms with E-state index < -0.39 is 35.8 Å². The highest BCUT2D eigenvalue weighted by atomic mass is 35.5. The van der Waals surface area contributed by atoms with Crippen molar-refractivity contribution >= 4 is 23.2 Å². The van der Waals surface area contributed by atoms with Gasteiger partial charge in [0.05, 0.1) is 16.1 Å². The molecule has 2 saturated heterocycles. The Morgan fingerprint density at radius 2 is 1.69 bits per heavy atom. The number of phenols is 2. The van der Waals surface area contributed by atoms with E-state index in [4.69, 9.17) is 30.5 Å². The van der Waals surface area contributed by atoms with Crippen LogP contribution in [0.1, 0.15) is 37.4 Å². The van der Waals surface area contributed by atoms with Crippen molar-refractivity contribution in [3.63, 3.8) is 0 Å². The normalized spacial score (nSPS) is 40.4. The van der Waals surface area contributed by atoms with Crippen molar-refractivity contribution < 1.29 is 38.7 Å². The molecule has 0 radical (unpaired) electrons. The fourth-order valence-electron chi connectivity index (χ4n) is 5.69. The Kier molecular flexibility index (Phi) is 2.10. The third-order valence-corrected chi connectivity index (χ3v) is 7.15. The molecule has 144 valence electrons. The first-order valence-corrected chi connectivity index (χ1v) is 9.49. The molecule has 9 heteroatoms. The van der Waals surface area contributed by atoms with Crippen LogP contribution in [-0.4, -0.2) is 46.2 Å². The molecule has 2 aliphatic carbocycles. The number of halogens is 1. The van der Waals surface area contributed by atoms with Gasteiger partial charge in [-0.2, -0.15) is 0 Å². The number of carbonyl (C=O) groups excluding carboxylic acids is 2. The number of phenolic OH excluding ortho intramolecular Hbond substituents is 2. The molecule has 2 bridgehead atoms. The zero-order valence-electron chi connectivity index (χ0n) is 14.3. The maximum absolute atomic E-state index is 12.9. The molecule has 0 amide bonds. The fourth-order valence-corrected chi connectivity index (χ4v) is 5.90. The van der Waals surface area contributed by atoms with Crippen LogP contribution in [0.4, 0.5) is 0 Å². The predicted molar refractivity (Wildman–Crippen MR) is 91.4 cm³/mol. The van der Waals surface area contributed by atoms with Crippen molar-refractivity contribution in [1.82, 2.24) is 0 Å². The number of Topliss-reactive ketones (excluding diaryl/α,β-unsaturated/α-hetero) is 2. The molecule has 2 spiro atoms. The highest BCUT2D eigenvalue weighted by molar-refractivity contribution is 6.33. The van der Waals surface area contributed by atoms with Gasteiger partial charge in [0.15, 0.2) is 35.5 Å². The van der Waals surface area contributed by atoms with E-state index in [1.807, 2.05) is 0 Å². The minimum absolute atomic E-state index is 0.0100. The summed E-state index contributed by atoms with van der Waals surface area (Å²) < 4.78 is 24.1. The number of fused-ring (bicyclic) bond motifs is 2. The Morgan fingerprint density at radius 3 is 2.52 bits per heavy atom. The molecule has 8 rings (SSSR count). The number of hydrogen-bond acceptors (Lipinski definition) is 8. The molecule has 8 nitrogen and oxygen atoms in total. The van der Waals surface area contributed by atoms with E-state index in [9.17, 15) is 19.8 Å². The van der Waals surface area contributed by atoms with Crippen LogP contribution in [0, 0.1) is 0 Å². The van der Waals surface area contributed by atoms with Gasteiger partial charge in [0.25, 0.3) is 5.79 Å². The van der Waals surface area contributed by atoms with Crippen LogP contribution < -0.4 is 4.74 Å². The van der Waals surface area contributed by atoms with E-state index in [1.54, 1.807) is 6.07 Å². The third kappa shape index (κ3) is 1.29. The monoisotopic (exact) mass is 412 g/mol. The highest BCUT2D eigenvalue weighted by Crippen LogP contribution is 2.71. The van der Waals surface area contributed by atoms with Gasteiger partial charge in [0, 0.05) is 16.7 Å². The minimum atomic E-state index is -1.47. The van der Waals surface area contributed by atoms with E-state index in [2.05, 4.69) is 0 Å². The quantitative estimate of drug-likeness (QED) is 0.625. The lowest BCUT2D eigenvalue weighted by molar-refractivity contribution is -0.262. The average Bonchev–Trinajstić information content (AvgIpc) is 3.59. The van der Waals surface area contributed by atoms with Gasteiger partial charge < -0.3 is 29.2 Å². The van der Waals surface area contributed by atoms with E-state index in [0.29, 0.717) is 22.4 Å². The lowest BCUT2D eigenvalue weighted by atomic mass is 9.72. The molecule has 2 aromatic carbocycles. The third-order valence-electron chi connectivity index (χ3n) is 6.86. The molecular formula is C20H9ClO8. The van der Waals surface area contributed by atoms with Crippen LogP contribution in [0.15, 0.2) is 18.2 Å². The molecule has 4 aliphatic heterocycles. The van der Waals surface area contributed by atoms with Crippen LogP contribution >= 0.6 is 11.6 Å². The number of benzene rings is 2. The summed E-state index contributed by atoms with van der Waals surface area (Å²) in [7, 11) is 0. The smallest absolute Gasteiger partial charge is 0.269 e. The number of hydrogen-bond donors (Lipinski definition) is 2. The van der Waals surface area contributed by atoms with Crippen molar-refractivity contribution in [3.8, 4) is 17.2 Å². The van der Waals surface area contributed by atoms with Gasteiger partial charge in [-0.3, -0.25) is 9.59 Å². The summed E-state index contributed by atoms with van der Waals surface area (Å²) in [5, 5.41) is 21.0. The molecule has 6 atom stereocenters. The first-order valence-electron chi connectivity index (χ1n) is 9.11. The molecule has 6 aliphatic rings. The van der Waals surface area contributed by atoms with Gasteiger partial charge in [-0.05, 0) is 18.2 Å². The molecule has 0 saturated carbocycles. The summed E-state index contributed by atoms with van der Waals surface area (Å²) in [6.45, 7) is 0. The van der Waals surface area contributed by atoms with E-state index in [-0.39, 0.29) is 39.2 Å². The van der Waals surface area contributed by atoms with Crippen LogP contribution in [-0.2, 0) is 25.6 Å². The van der Waals surface area contributed by atoms with Crippen molar-refractivity contribution in [2.75, 3.05) is 0 Å². The van der Waals surface area contributed by atoms with Crippen LogP contribution in [0.25, 0.3) is 0 Å². The van der Waals surface area contributed by atoms with Gasteiger partial charge >= 0.3 is 0 Å². The van der Waals surface area contributed by atoms with E-state index in [0.717, 1.165) is 0 Å². The Balaban J connectivity index is 1.59. The molecule has 2 aromatic rings. The van der Waals surface area contributed by atoms with Crippen LogP contribution in [0.2, 0.25) is 5.02 Å². The summed E-state index contributed by atoms with van der Waals surface area (Å²) in [6.07, 6.45) is -2.95. The topological polar surface area (TPSA) is 118 Å². The van der Waals surface area contributed by atoms with E-state index >= 15 is 0 Å². The van der Waals surface area contributed by atoms with Crippen molar-refractivity contribution in [1.29, 1.82) is 0 Å². The zero-order valence-corrected chi connectivity index (χ0v) is 15.0. The second-order valence-electron chi connectivity index (χ2n) is 8.13. The van der Waals surface area contributed by atoms with Crippen LogP contribution in [0.3, 0.4) is 0 Å². The molecular weight excluding hydrogens is 404 g/mol. The second kappa shape index (κ2) is 3.99.